The molecular formula is C13H21NO4. The van der Waals surface area contributed by atoms with Gasteiger partial charge in [-0.1, -0.05) is 0 Å². The number of piperidine rings is 1. The Balaban J connectivity index is 1.61. The number of rotatable bonds is 3. The van der Waals surface area contributed by atoms with Crippen molar-refractivity contribution < 1.29 is 19.0 Å². The minimum absolute atomic E-state index is 0.0475. The third kappa shape index (κ3) is 2.27. The van der Waals surface area contributed by atoms with E-state index in [0.29, 0.717) is 19.1 Å². The molecule has 3 fully saturated rings. The molecule has 3 aliphatic rings. The molecule has 0 aromatic rings. The minimum Gasteiger partial charge on any atom is -0.468 e. The molecule has 1 saturated carbocycles. The smallest absolute Gasteiger partial charge is 0.323 e. The normalized spacial score (nSPS) is 29.4. The van der Waals surface area contributed by atoms with Crippen molar-refractivity contribution >= 4 is 5.97 Å². The third-order valence-electron chi connectivity index (χ3n) is 4.28. The largest absolute Gasteiger partial charge is 0.468 e. The van der Waals surface area contributed by atoms with Gasteiger partial charge in [-0.25, -0.2) is 0 Å². The van der Waals surface area contributed by atoms with Crippen molar-refractivity contribution in [3.05, 3.63) is 0 Å². The van der Waals surface area contributed by atoms with Crippen LogP contribution < -0.4 is 0 Å². The van der Waals surface area contributed by atoms with Gasteiger partial charge in [0.25, 0.3) is 0 Å². The van der Waals surface area contributed by atoms with Gasteiger partial charge >= 0.3 is 5.97 Å². The number of nitrogens with zero attached hydrogens (tertiary/aromatic N) is 1. The number of hydrogen-bond acceptors (Lipinski definition) is 5. The van der Waals surface area contributed by atoms with Crippen LogP contribution in [0.25, 0.3) is 0 Å². The Labute approximate surface area is 107 Å². The predicted octanol–water partition coefficient (Wildman–Crippen LogP) is 0.777. The van der Waals surface area contributed by atoms with Crippen LogP contribution in [-0.4, -0.2) is 56.1 Å². The number of carbonyl (C=O) groups excluding carboxylic acids is 1. The van der Waals surface area contributed by atoms with Crippen LogP contribution in [-0.2, 0) is 19.0 Å². The summed E-state index contributed by atoms with van der Waals surface area (Å²) < 4.78 is 16.4. The number of hydrogen-bond donors (Lipinski definition) is 0. The number of carbonyl (C=O) groups is 1. The van der Waals surface area contributed by atoms with E-state index < -0.39 is 0 Å². The summed E-state index contributed by atoms with van der Waals surface area (Å²) in [5.74, 6) is 0.0550. The zero-order valence-corrected chi connectivity index (χ0v) is 10.9. The highest BCUT2D eigenvalue weighted by Gasteiger charge is 2.46. The average Bonchev–Trinajstić information content (AvgIpc) is 3.13. The van der Waals surface area contributed by atoms with Gasteiger partial charge in [0.05, 0.1) is 20.3 Å². The quantitative estimate of drug-likeness (QED) is 0.697. The highest BCUT2D eigenvalue weighted by molar-refractivity contribution is 5.76. The van der Waals surface area contributed by atoms with E-state index in [-0.39, 0.29) is 17.8 Å². The first-order valence-corrected chi connectivity index (χ1v) is 6.84. The minimum atomic E-state index is -0.360. The summed E-state index contributed by atoms with van der Waals surface area (Å²) in [5, 5.41) is 0. The summed E-state index contributed by atoms with van der Waals surface area (Å²) in [6.07, 6.45) is 4.00. The summed E-state index contributed by atoms with van der Waals surface area (Å²) in [6, 6.07) is -0.0475. The van der Waals surface area contributed by atoms with Gasteiger partial charge in [0.1, 0.15) is 6.04 Å². The molecule has 1 aliphatic carbocycles. The van der Waals surface area contributed by atoms with Crippen molar-refractivity contribution in [2.24, 2.45) is 5.92 Å². The Morgan fingerprint density at radius 1 is 1.28 bits per heavy atom. The van der Waals surface area contributed by atoms with Crippen molar-refractivity contribution in [1.82, 2.24) is 4.90 Å². The number of methoxy groups -OCH3 is 1. The average molecular weight is 255 g/mol. The highest BCUT2D eigenvalue weighted by Crippen LogP contribution is 2.39. The maximum Gasteiger partial charge on any atom is 0.323 e. The molecule has 1 atom stereocenters. The van der Waals surface area contributed by atoms with E-state index in [2.05, 4.69) is 4.90 Å². The first-order chi connectivity index (χ1) is 8.74. The molecule has 2 aliphatic heterocycles. The lowest BCUT2D eigenvalue weighted by atomic mass is 10.00. The van der Waals surface area contributed by atoms with Crippen molar-refractivity contribution in [2.45, 2.75) is 37.5 Å². The molecule has 0 radical (unpaired) electrons. The van der Waals surface area contributed by atoms with Crippen LogP contribution in [0.5, 0.6) is 0 Å². The molecule has 5 heteroatoms. The fourth-order valence-electron chi connectivity index (χ4n) is 3.10. The lowest BCUT2D eigenvalue weighted by molar-refractivity contribution is -0.191. The zero-order valence-electron chi connectivity index (χ0n) is 10.9. The second kappa shape index (κ2) is 4.79. The summed E-state index contributed by atoms with van der Waals surface area (Å²) in [4.78, 5) is 14.1. The number of esters is 1. The molecule has 0 bridgehead atoms. The van der Waals surface area contributed by atoms with E-state index in [4.69, 9.17) is 14.2 Å². The molecule has 0 amide bonds. The van der Waals surface area contributed by atoms with Crippen LogP contribution in [0, 0.1) is 5.92 Å². The van der Waals surface area contributed by atoms with Gasteiger partial charge in [0.2, 0.25) is 0 Å². The van der Waals surface area contributed by atoms with E-state index in [0.717, 1.165) is 38.8 Å². The molecule has 2 saturated heterocycles. The second-order valence-electron chi connectivity index (χ2n) is 5.45. The fourth-order valence-corrected chi connectivity index (χ4v) is 3.10. The van der Waals surface area contributed by atoms with Gasteiger partial charge < -0.3 is 14.2 Å². The standard InChI is InChI=1S/C13H21NO4/c1-16-12(15)11(10-2-3-10)14-6-4-13(5-7-14)17-8-9-18-13/h10-11H,2-9H2,1H3. The van der Waals surface area contributed by atoms with Gasteiger partial charge in [-0.2, -0.15) is 0 Å². The predicted molar refractivity (Wildman–Crippen MR) is 64.0 cm³/mol. The van der Waals surface area contributed by atoms with Gasteiger partial charge in [0, 0.05) is 25.9 Å². The maximum atomic E-state index is 11.9. The third-order valence-corrected chi connectivity index (χ3v) is 4.28. The van der Waals surface area contributed by atoms with Gasteiger partial charge in [-0.05, 0) is 18.8 Å². The van der Waals surface area contributed by atoms with E-state index in [9.17, 15) is 4.79 Å². The molecule has 102 valence electrons. The first kappa shape index (κ1) is 12.4. The van der Waals surface area contributed by atoms with Crippen LogP contribution in [0.15, 0.2) is 0 Å². The van der Waals surface area contributed by atoms with Crippen molar-refractivity contribution in [3.63, 3.8) is 0 Å². The number of likely N-dealkylation sites (tertiary alicyclic amines) is 1. The molecule has 0 aromatic heterocycles. The monoisotopic (exact) mass is 255 g/mol. The van der Waals surface area contributed by atoms with Crippen molar-refractivity contribution in [3.8, 4) is 0 Å². The zero-order chi connectivity index (χ0) is 12.6. The summed E-state index contributed by atoms with van der Waals surface area (Å²) >= 11 is 0. The van der Waals surface area contributed by atoms with E-state index in [1.807, 2.05) is 0 Å². The van der Waals surface area contributed by atoms with Crippen LogP contribution >= 0.6 is 0 Å². The molecule has 3 rings (SSSR count). The molecule has 0 N–H and O–H groups in total. The van der Waals surface area contributed by atoms with Crippen molar-refractivity contribution in [1.29, 1.82) is 0 Å². The lowest BCUT2D eigenvalue weighted by Crippen LogP contribution is -2.52. The second-order valence-corrected chi connectivity index (χ2v) is 5.45. The summed E-state index contributed by atoms with van der Waals surface area (Å²) in [5.41, 5.74) is 0. The molecular weight excluding hydrogens is 234 g/mol. The fraction of sp³-hybridized carbons (Fsp3) is 0.923. The lowest BCUT2D eigenvalue weighted by Gasteiger charge is -2.40. The Morgan fingerprint density at radius 2 is 1.89 bits per heavy atom. The first-order valence-electron chi connectivity index (χ1n) is 6.84. The topological polar surface area (TPSA) is 48.0 Å². The SMILES string of the molecule is COC(=O)C(C1CC1)N1CCC2(CC1)OCCO2. The molecule has 0 aromatic carbocycles. The van der Waals surface area contributed by atoms with Gasteiger partial charge in [-0.15, -0.1) is 0 Å². The van der Waals surface area contributed by atoms with Gasteiger partial charge in [0.15, 0.2) is 5.79 Å². The summed E-state index contributed by atoms with van der Waals surface area (Å²) in [6.45, 7) is 3.11. The van der Waals surface area contributed by atoms with E-state index in [1.165, 1.54) is 7.11 Å². The molecule has 2 heterocycles. The van der Waals surface area contributed by atoms with Crippen LogP contribution in [0.4, 0.5) is 0 Å². The van der Waals surface area contributed by atoms with E-state index >= 15 is 0 Å². The Bertz CT molecular complexity index is 313. The maximum absolute atomic E-state index is 11.9. The number of ether oxygens (including phenoxy) is 3. The van der Waals surface area contributed by atoms with Gasteiger partial charge in [-0.3, -0.25) is 9.69 Å². The molecule has 5 nitrogen and oxygen atoms in total. The van der Waals surface area contributed by atoms with Crippen LogP contribution in [0.3, 0.4) is 0 Å². The van der Waals surface area contributed by atoms with Crippen molar-refractivity contribution in [2.75, 3.05) is 33.4 Å². The van der Waals surface area contributed by atoms with Crippen LogP contribution in [0.2, 0.25) is 0 Å². The molecule has 18 heavy (non-hydrogen) atoms. The molecule has 1 unspecified atom stereocenters. The highest BCUT2D eigenvalue weighted by atomic mass is 16.7. The molecule has 1 spiro atoms. The van der Waals surface area contributed by atoms with Crippen LogP contribution in [0.1, 0.15) is 25.7 Å². The Morgan fingerprint density at radius 3 is 2.39 bits per heavy atom. The Hall–Kier alpha value is -0.650. The van der Waals surface area contributed by atoms with E-state index in [1.54, 1.807) is 0 Å². The Kier molecular flexibility index (Phi) is 3.30. The summed E-state index contributed by atoms with van der Waals surface area (Å²) in [7, 11) is 1.48.